The lowest BCUT2D eigenvalue weighted by Crippen LogP contribution is -2.42. The van der Waals surface area contributed by atoms with Gasteiger partial charge in [0.1, 0.15) is 0 Å². The van der Waals surface area contributed by atoms with E-state index in [4.69, 9.17) is 13.3 Å². The maximum Gasteiger partial charge on any atom is 0.500 e. The van der Waals surface area contributed by atoms with E-state index in [0.29, 0.717) is 0 Å². The molecule has 5 heteroatoms. The first-order valence-electron chi connectivity index (χ1n) is 8.22. The summed E-state index contributed by atoms with van der Waals surface area (Å²) in [5, 5.41) is 2.55. The van der Waals surface area contributed by atoms with Gasteiger partial charge in [-0.3, -0.25) is 4.98 Å². The van der Waals surface area contributed by atoms with E-state index in [1.165, 1.54) is 35.6 Å². The smallest absolute Gasteiger partial charge is 0.377 e. The van der Waals surface area contributed by atoms with E-state index in [1.54, 1.807) is 21.3 Å². The molecular weight excluding hydrogens is 306 g/mol. The molecule has 0 aliphatic rings. The molecule has 4 nitrogen and oxygen atoms in total. The number of nitrogens with zero attached hydrogens (tertiary/aromatic N) is 1. The van der Waals surface area contributed by atoms with Gasteiger partial charge in [-0.05, 0) is 36.3 Å². The zero-order chi connectivity index (χ0) is 16.5. The number of hydrogen-bond acceptors (Lipinski definition) is 4. The fourth-order valence-electron chi connectivity index (χ4n) is 2.96. The topological polar surface area (TPSA) is 40.6 Å². The fraction of sp³-hybridized carbons (Fsp3) is 0.500. The molecule has 0 atom stereocenters. The number of aryl methyl sites for hydroxylation is 1. The van der Waals surface area contributed by atoms with E-state index in [9.17, 15) is 0 Å². The van der Waals surface area contributed by atoms with Gasteiger partial charge in [0.15, 0.2) is 0 Å². The summed E-state index contributed by atoms with van der Waals surface area (Å²) in [5.74, 6) is 0. The van der Waals surface area contributed by atoms with Gasteiger partial charge in [0.25, 0.3) is 0 Å². The number of benzene rings is 1. The van der Waals surface area contributed by atoms with Crippen LogP contribution in [0.3, 0.4) is 0 Å². The predicted molar refractivity (Wildman–Crippen MR) is 95.5 cm³/mol. The number of aromatic nitrogens is 1. The summed E-state index contributed by atoms with van der Waals surface area (Å²) in [6.07, 6.45) is 9.58. The number of hydrogen-bond donors (Lipinski definition) is 0. The molecule has 0 aliphatic carbocycles. The first-order chi connectivity index (χ1) is 11.2. The summed E-state index contributed by atoms with van der Waals surface area (Å²) < 4.78 is 16.3. The van der Waals surface area contributed by atoms with Crippen LogP contribution in [0.5, 0.6) is 0 Å². The highest BCUT2D eigenvalue weighted by Gasteiger charge is 2.36. The highest BCUT2D eigenvalue weighted by molar-refractivity contribution is 6.60. The van der Waals surface area contributed by atoms with Crippen LogP contribution in [-0.2, 0) is 19.7 Å². The second-order valence-electron chi connectivity index (χ2n) is 5.72. The SMILES string of the molecule is CO[Si](CCCCCCc1cccc2ccncc12)(OC)OC. The first kappa shape index (κ1) is 18.1. The van der Waals surface area contributed by atoms with Crippen molar-refractivity contribution < 1.29 is 13.3 Å². The lowest BCUT2D eigenvalue weighted by atomic mass is 10.0. The molecule has 0 saturated heterocycles. The third-order valence-electron chi connectivity index (χ3n) is 4.39. The van der Waals surface area contributed by atoms with Crippen LogP contribution in [0.4, 0.5) is 0 Å². The molecular formula is C18H27NO3Si. The van der Waals surface area contributed by atoms with E-state index in [2.05, 4.69) is 29.2 Å². The van der Waals surface area contributed by atoms with Crippen LogP contribution in [0, 0.1) is 0 Å². The number of rotatable bonds is 10. The lowest BCUT2D eigenvalue weighted by molar-refractivity contribution is 0.122. The minimum absolute atomic E-state index is 0.884. The normalized spacial score (nSPS) is 12.0. The van der Waals surface area contributed by atoms with Gasteiger partial charge < -0.3 is 13.3 Å². The minimum Gasteiger partial charge on any atom is -0.377 e. The van der Waals surface area contributed by atoms with E-state index in [1.807, 2.05) is 12.4 Å². The number of unbranched alkanes of at least 4 members (excludes halogenated alkanes) is 3. The molecule has 0 fully saturated rings. The molecule has 0 spiro atoms. The van der Waals surface area contributed by atoms with E-state index in [-0.39, 0.29) is 0 Å². The Morgan fingerprint density at radius 1 is 0.913 bits per heavy atom. The molecule has 0 saturated carbocycles. The van der Waals surface area contributed by atoms with Gasteiger partial charge >= 0.3 is 8.80 Å². The van der Waals surface area contributed by atoms with Crippen molar-refractivity contribution in [1.29, 1.82) is 0 Å². The van der Waals surface area contributed by atoms with Gasteiger partial charge in [-0.2, -0.15) is 0 Å². The van der Waals surface area contributed by atoms with Crippen molar-refractivity contribution in [2.24, 2.45) is 0 Å². The van der Waals surface area contributed by atoms with Gasteiger partial charge in [0.2, 0.25) is 0 Å². The molecule has 23 heavy (non-hydrogen) atoms. The molecule has 126 valence electrons. The Kier molecular flexibility index (Phi) is 7.17. The molecule has 2 rings (SSSR count). The summed E-state index contributed by atoms with van der Waals surface area (Å²) in [6.45, 7) is 0. The van der Waals surface area contributed by atoms with Crippen LogP contribution in [-0.4, -0.2) is 35.1 Å². The molecule has 0 aliphatic heterocycles. The maximum atomic E-state index is 5.45. The third-order valence-corrected chi connectivity index (χ3v) is 7.22. The molecule has 1 aromatic heterocycles. The Balaban J connectivity index is 1.75. The number of pyridine rings is 1. The Morgan fingerprint density at radius 2 is 1.65 bits per heavy atom. The highest BCUT2D eigenvalue weighted by atomic mass is 28.4. The van der Waals surface area contributed by atoms with Gasteiger partial charge in [-0.25, -0.2) is 0 Å². The minimum atomic E-state index is -2.39. The molecule has 0 radical (unpaired) electrons. The summed E-state index contributed by atoms with van der Waals surface area (Å²) in [6, 6.07) is 9.44. The quantitative estimate of drug-likeness (QED) is 0.482. The average molecular weight is 334 g/mol. The molecule has 1 aromatic carbocycles. The van der Waals surface area contributed by atoms with E-state index < -0.39 is 8.80 Å². The standard InChI is InChI=1S/C18H27NO3Si/c1-20-23(21-2,22-3)14-7-5-4-6-9-16-10-8-11-17-12-13-19-15-18(16)17/h8,10-13,15H,4-7,9,14H2,1-3H3. The first-order valence-corrected chi connectivity index (χ1v) is 10.1. The summed E-state index contributed by atoms with van der Waals surface area (Å²) in [4.78, 5) is 4.25. The van der Waals surface area contributed by atoms with Crippen molar-refractivity contribution in [2.75, 3.05) is 21.3 Å². The second-order valence-corrected chi connectivity index (χ2v) is 8.81. The van der Waals surface area contributed by atoms with E-state index in [0.717, 1.165) is 18.9 Å². The fourth-order valence-corrected chi connectivity index (χ4v) is 4.76. The molecule has 0 N–H and O–H groups in total. The van der Waals surface area contributed by atoms with Gasteiger partial charge in [-0.15, -0.1) is 0 Å². The monoisotopic (exact) mass is 333 g/mol. The summed E-state index contributed by atoms with van der Waals surface area (Å²) in [7, 11) is 2.64. The van der Waals surface area contributed by atoms with Crippen molar-refractivity contribution in [3.63, 3.8) is 0 Å². The van der Waals surface area contributed by atoms with Crippen LogP contribution in [0.25, 0.3) is 10.8 Å². The van der Waals surface area contributed by atoms with Crippen LogP contribution in [0.1, 0.15) is 31.2 Å². The largest absolute Gasteiger partial charge is 0.500 e. The predicted octanol–water partition coefficient (Wildman–Crippen LogP) is 4.22. The van der Waals surface area contributed by atoms with Gasteiger partial charge in [0.05, 0.1) is 0 Å². The van der Waals surface area contributed by atoms with Crippen LogP contribution < -0.4 is 0 Å². The molecule has 0 amide bonds. The molecule has 2 aromatic rings. The summed E-state index contributed by atoms with van der Waals surface area (Å²) in [5.41, 5.74) is 1.39. The Labute approximate surface area is 140 Å². The van der Waals surface area contributed by atoms with Crippen molar-refractivity contribution in [1.82, 2.24) is 4.98 Å². The molecule has 0 unspecified atom stereocenters. The Hall–Kier alpha value is -1.27. The van der Waals surface area contributed by atoms with Crippen LogP contribution in [0.2, 0.25) is 6.04 Å². The van der Waals surface area contributed by atoms with Crippen molar-refractivity contribution >= 4 is 19.6 Å². The number of fused-ring (bicyclic) bond motifs is 1. The van der Waals surface area contributed by atoms with Gasteiger partial charge in [0, 0.05) is 45.2 Å². The van der Waals surface area contributed by atoms with Crippen molar-refractivity contribution in [2.45, 2.75) is 38.1 Å². The average Bonchev–Trinajstić information content (AvgIpc) is 2.62. The second kappa shape index (κ2) is 9.13. The van der Waals surface area contributed by atoms with Crippen LogP contribution in [0.15, 0.2) is 36.7 Å². The van der Waals surface area contributed by atoms with Crippen molar-refractivity contribution in [3.8, 4) is 0 Å². The zero-order valence-corrected chi connectivity index (χ0v) is 15.4. The Bertz CT molecular complexity index is 588. The van der Waals surface area contributed by atoms with Crippen LogP contribution >= 0.6 is 0 Å². The Morgan fingerprint density at radius 3 is 2.39 bits per heavy atom. The highest BCUT2D eigenvalue weighted by Crippen LogP contribution is 2.21. The molecule has 1 heterocycles. The van der Waals surface area contributed by atoms with Gasteiger partial charge in [-0.1, -0.05) is 31.0 Å². The summed E-state index contributed by atoms with van der Waals surface area (Å²) >= 11 is 0. The lowest BCUT2D eigenvalue weighted by Gasteiger charge is -2.24. The molecule has 0 bridgehead atoms. The zero-order valence-electron chi connectivity index (χ0n) is 14.4. The van der Waals surface area contributed by atoms with Crippen molar-refractivity contribution in [3.05, 3.63) is 42.2 Å². The third kappa shape index (κ3) is 4.85. The van der Waals surface area contributed by atoms with E-state index >= 15 is 0 Å². The maximum absolute atomic E-state index is 5.45.